The number of hydrogen-bond donors (Lipinski definition) is 0. The highest BCUT2D eigenvalue weighted by molar-refractivity contribution is 6.15. The van der Waals surface area contributed by atoms with Crippen molar-refractivity contribution in [3.63, 3.8) is 0 Å². The molecule has 4 rings (SSSR count). The summed E-state index contributed by atoms with van der Waals surface area (Å²) in [5.74, 6) is -4.10. The number of carbonyl (C=O) groups excluding carboxylic acids is 2. The molecule has 33 heavy (non-hydrogen) atoms. The standard InChI is InChI=1S/C23H16F4N2O4/c1-2-32-20(31)22(23(25,26)27)21(15(11-28)13-33-22)17-10-16(24)8-9-18(17)29(19(21)30)12-14-6-4-3-5-7-14/h3-10,13H,2,12H2,1H3/t21-,22+/m0/s1. The Morgan fingerprint density at radius 2 is 1.91 bits per heavy atom. The van der Waals surface area contributed by atoms with Gasteiger partial charge in [0.05, 0.1) is 24.8 Å². The Bertz CT molecular complexity index is 1210. The molecule has 10 heteroatoms. The average molecular weight is 460 g/mol. The predicted molar refractivity (Wildman–Crippen MR) is 106 cm³/mol. The van der Waals surface area contributed by atoms with Crippen LogP contribution in [0, 0.1) is 17.1 Å². The van der Waals surface area contributed by atoms with Crippen molar-refractivity contribution in [3.05, 3.63) is 77.3 Å². The molecule has 0 aliphatic carbocycles. The second-order valence-electron chi connectivity index (χ2n) is 7.45. The van der Waals surface area contributed by atoms with Gasteiger partial charge in [0, 0.05) is 11.3 Å². The molecule has 0 saturated heterocycles. The molecule has 1 spiro atoms. The van der Waals surface area contributed by atoms with Crippen LogP contribution in [0.1, 0.15) is 18.1 Å². The maximum absolute atomic E-state index is 14.7. The lowest BCUT2D eigenvalue weighted by molar-refractivity contribution is -0.271. The number of ether oxygens (including phenoxy) is 2. The molecule has 2 aliphatic rings. The molecule has 0 unspecified atom stereocenters. The SMILES string of the molecule is CCOC(=O)[C@@]1(C(F)(F)F)OC=C(C#N)[C@]12C(=O)N(Cc1ccccc1)c1ccc(F)cc12. The number of anilines is 1. The van der Waals surface area contributed by atoms with Gasteiger partial charge in [-0.15, -0.1) is 0 Å². The summed E-state index contributed by atoms with van der Waals surface area (Å²) in [6.45, 7) is 0.652. The molecule has 2 aromatic rings. The van der Waals surface area contributed by atoms with Crippen LogP contribution in [0.5, 0.6) is 0 Å². The number of amides is 1. The Balaban J connectivity index is 2.05. The fourth-order valence-corrected chi connectivity index (χ4v) is 4.45. The Hall–Kier alpha value is -3.87. The van der Waals surface area contributed by atoms with Crippen LogP contribution in [0.15, 0.2) is 60.4 Å². The first-order valence-electron chi connectivity index (χ1n) is 9.83. The number of benzene rings is 2. The molecule has 0 radical (unpaired) electrons. The van der Waals surface area contributed by atoms with Crippen molar-refractivity contribution < 1.29 is 36.6 Å². The Labute approximate surface area is 185 Å². The van der Waals surface area contributed by atoms with Crippen LogP contribution >= 0.6 is 0 Å². The largest absolute Gasteiger partial charge is 0.472 e. The van der Waals surface area contributed by atoms with Gasteiger partial charge in [0.1, 0.15) is 12.1 Å². The van der Waals surface area contributed by atoms with E-state index in [1.54, 1.807) is 36.4 Å². The lowest BCUT2D eigenvalue weighted by Gasteiger charge is -2.40. The van der Waals surface area contributed by atoms with Gasteiger partial charge in [-0.2, -0.15) is 18.4 Å². The summed E-state index contributed by atoms with van der Waals surface area (Å²) < 4.78 is 68.0. The van der Waals surface area contributed by atoms with E-state index in [9.17, 15) is 32.4 Å². The molecular formula is C23H16F4N2O4. The third-order valence-electron chi connectivity index (χ3n) is 5.77. The van der Waals surface area contributed by atoms with Gasteiger partial charge in [-0.1, -0.05) is 30.3 Å². The van der Waals surface area contributed by atoms with Crippen LogP contribution in [-0.2, 0) is 31.0 Å². The van der Waals surface area contributed by atoms with Crippen molar-refractivity contribution in [3.8, 4) is 6.07 Å². The fraction of sp³-hybridized carbons (Fsp3) is 0.261. The smallest absolute Gasteiger partial charge is 0.441 e. The monoisotopic (exact) mass is 460 g/mol. The maximum atomic E-state index is 14.7. The summed E-state index contributed by atoms with van der Waals surface area (Å²) in [6.07, 6.45) is -5.07. The topological polar surface area (TPSA) is 79.6 Å². The van der Waals surface area contributed by atoms with Crippen LogP contribution in [0.2, 0.25) is 0 Å². The molecule has 0 bridgehead atoms. The summed E-state index contributed by atoms with van der Waals surface area (Å²) in [6, 6.07) is 12.8. The summed E-state index contributed by atoms with van der Waals surface area (Å²) in [7, 11) is 0. The highest BCUT2D eigenvalue weighted by Gasteiger charge is 2.84. The Morgan fingerprint density at radius 1 is 1.21 bits per heavy atom. The minimum Gasteiger partial charge on any atom is -0.472 e. The van der Waals surface area contributed by atoms with Gasteiger partial charge in [0.2, 0.25) is 5.91 Å². The Kier molecular flexibility index (Phi) is 5.16. The third-order valence-corrected chi connectivity index (χ3v) is 5.77. The van der Waals surface area contributed by atoms with Crippen LogP contribution in [0.3, 0.4) is 0 Å². The third kappa shape index (κ3) is 2.85. The number of nitriles is 1. The summed E-state index contributed by atoms with van der Waals surface area (Å²) >= 11 is 0. The number of rotatable bonds is 4. The molecule has 6 nitrogen and oxygen atoms in total. The summed E-state index contributed by atoms with van der Waals surface area (Å²) in [5.41, 5.74) is -7.72. The van der Waals surface area contributed by atoms with Crippen LogP contribution in [0.25, 0.3) is 0 Å². The van der Waals surface area contributed by atoms with Crippen molar-refractivity contribution in [1.29, 1.82) is 5.26 Å². The zero-order chi connectivity index (χ0) is 24.0. The minimum atomic E-state index is -5.50. The first kappa shape index (κ1) is 22.3. The van der Waals surface area contributed by atoms with Gasteiger partial charge >= 0.3 is 17.7 Å². The number of nitrogens with zero attached hydrogens (tertiary/aromatic N) is 2. The molecule has 1 amide bonds. The van der Waals surface area contributed by atoms with E-state index in [1.807, 2.05) is 0 Å². The normalized spacial score (nSPS) is 23.7. The van der Waals surface area contributed by atoms with Crippen LogP contribution < -0.4 is 4.90 Å². The second kappa shape index (κ2) is 7.62. The Morgan fingerprint density at radius 3 is 2.52 bits per heavy atom. The second-order valence-corrected chi connectivity index (χ2v) is 7.45. The molecule has 0 fully saturated rings. The van der Waals surface area contributed by atoms with Crippen LogP contribution in [-0.4, -0.2) is 30.3 Å². The molecule has 0 aromatic heterocycles. The molecule has 170 valence electrons. The van der Waals surface area contributed by atoms with E-state index in [4.69, 9.17) is 9.47 Å². The van der Waals surface area contributed by atoms with Crippen molar-refractivity contribution in [1.82, 2.24) is 0 Å². The van der Waals surface area contributed by atoms with E-state index in [1.165, 1.54) is 6.92 Å². The molecule has 0 saturated carbocycles. The van der Waals surface area contributed by atoms with Gasteiger partial charge in [-0.3, -0.25) is 4.79 Å². The van der Waals surface area contributed by atoms with E-state index in [-0.39, 0.29) is 12.2 Å². The van der Waals surface area contributed by atoms with E-state index in [2.05, 4.69) is 0 Å². The zero-order valence-electron chi connectivity index (χ0n) is 17.1. The lowest BCUT2D eigenvalue weighted by Crippen LogP contribution is -2.68. The maximum Gasteiger partial charge on any atom is 0.441 e. The minimum absolute atomic E-state index is 0.0742. The first-order valence-corrected chi connectivity index (χ1v) is 9.83. The van der Waals surface area contributed by atoms with Gasteiger partial charge < -0.3 is 14.4 Å². The number of halogens is 4. The average Bonchev–Trinajstić information content (AvgIpc) is 3.25. The number of carbonyl (C=O) groups is 2. The highest BCUT2D eigenvalue weighted by Crippen LogP contribution is 2.62. The number of esters is 1. The predicted octanol–water partition coefficient (Wildman–Crippen LogP) is 3.91. The van der Waals surface area contributed by atoms with Crippen molar-refractivity contribution in [2.24, 2.45) is 0 Å². The quantitative estimate of drug-likeness (QED) is 0.511. The van der Waals surface area contributed by atoms with Crippen molar-refractivity contribution in [2.45, 2.75) is 30.7 Å². The van der Waals surface area contributed by atoms with E-state index < -0.39 is 52.6 Å². The van der Waals surface area contributed by atoms with Gasteiger partial charge in [0.25, 0.3) is 0 Å². The number of alkyl halides is 3. The fourth-order valence-electron chi connectivity index (χ4n) is 4.45. The van der Waals surface area contributed by atoms with Gasteiger partial charge in [0.15, 0.2) is 5.41 Å². The van der Waals surface area contributed by atoms with E-state index in [0.29, 0.717) is 11.8 Å². The van der Waals surface area contributed by atoms with Crippen molar-refractivity contribution >= 4 is 17.6 Å². The lowest BCUT2D eigenvalue weighted by atomic mass is 9.64. The van der Waals surface area contributed by atoms with E-state index in [0.717, 1.165) is 23.1 Å². The number of fused-ring (bicyclic) bond motifs is 2. The molecule has 2 aliphatic heterocycles. The van der Waals surface area contributed by atoms with Gasteiger partial charge in [-0.25, -0.2) is 9.18 Å². The van der Waals surface area contributed by atoms with Crippen molar-refractivity contribution in [2.75, 3.05) is 11.5 Å². The van der Waals surface area contributed by atoms with Crippen LogP contribution in [0.4, 0.5) is 23.2 Å². The molecule has 2 heterocycles. The van der Waals surface area contributed by atoms with E-state index >= 15 is 0 Å². The number of hydrogen-bond acceptors (Lipinski definition) is 5. The molecule has 2 atom stereocenters. The summed E-state index contributed by atoms with van der Waals surface area (Å²) in [4.78, 5) is 27.7. The first-order chi connectivity index (χ1) is 15.6. The highest BCUT2D eigenvalue weighted by atomic mass is 19.4. The zero-order valence-corrected chi connectivity index (χ0v) is 17.1. The molecular weight excluding hydrogens is 444 g/mol. The molecule has 2 aromatic carbocycles. The van der Waals surface area contributed by atoms with Gasteiger partial charge in [-0.05, 0) is 30.7 Å². The summed E-state index contributed by atoms with van der Waals surface area (Å²) in [5, 5.41) is 9.71. The molecule has 0 N–H and O–H groups in total.